The highest BCUT2D eigenvalue weighted by atomic mass is 16.3. The lowest BCUT2D eigenvalue weighted by molar-refractivity contribution is 0.404. The Labute approximate surface area is 85.7 Å². The van der Waals surface area contributed by atoms with Crippen LogP contribution in [0.3, 0.4) is 0 Å². The van der Waals surface area contributed by atoms with Crippen LogP contribution in [0.4, 0.5) is 0 Å². The van der Waals surface area contributed by atoms with E-state index in [1.807, 2.05) is 19.1 Å². The topological polar surface area (TPSA) is 25.2 Å². The summed E-state index contributed by atoms with van der Waals surface area (Å²) in [5.74, 6) is 6.97. The van der Waals surface area contributed by atoms with Crippen LogP contribution in [0.2, 0.25) is 0 Å². The molecule has 1 atom stereocenters. The third kappa shape index (κ3) is 3.27. The van der Waals surface area contributed by atoms with Crippen LogP contribution in [0.25, 0.3) is 0 Å². The molecule has 0 aromatic carbocycles. The molecule has 1 aromatic heterocycles. The van der Waals surface area contributed by atoms with Crippen LogP contribution in [-0.2, 0) is 0 Å². The molecule has 2 heteroatoms. The molecule has 0 aliphatic carbocycles. The van der Waals surface area contributed by atoms with Gasteiger partial charge in [-0.3, -0.25) is 0 Å². The second-order valence-corrected chi connectivity index (χ2v) is 3.09. The third-order valence-corrected chi connectivity index (χ3v) is 2.07. The van der Waals surface area contributed by atoms with E-state index in [1.165, 1.54) is 0 Å². The van der Waals surface area contributed by atoms with Gasteiger partial charge in [0.15, 0.2) is 0 Å². The van der Waals surface area contributed by atoms with E-state index >= 15 is 0 Å². The van der Waals surface area contributed by atoms with Crippen LogP contribution in [0.5, 0.6) is 0 Å². The quantitative estimate of drug-likeness (QED) is 0.724. The third-order valence-electron chi connectivity index (χ3n) is 2.07. The first-order valence-corrected chi connectivity index (χ1v) is 5.04. The molecule has 14 heavy (non-hydrogen) atoms. The van der Waals surface area contributed by atoms with Crippen molar-refractivity contribution in [2.75, 3.05) is 6.54 Å². The lowest BCUT2D eigenvalue weighted by Gasteiger charge is -2.13. The zero-order valence-corrected chi connectivity index (χ0v) is 8.84. The normalized spacial score (nSPS) is 11.9. The van der Waals surface area contributed by atoms with Gasteiger partial charge in [0.1, 0.15) is 5.76 Å². The summed E-state index contributed by atoms with van der Waals surface area (Å²) in [7, 11) is 0. The minimum Gasteiger partial charge on any atom is -0.468 e. The minimum absolute atomic E-state index is 0.302. The Morgan fingerprint density at radius 2 is 2.43 bits per heavy atom. The van der Waals surface area contributed by atoms with E-state index in [2.05, 4.69) is 24.1 Å². The molecule has 0 aliphatic rings. The number of hydrogen-bond acceptors (Lipinski definition) is 2. The molecule has 0 bridgehead atoms. The molecule has 1 heterocycles. The van der Waals surface area contributed by atoms with E-state index in [9.17, 15) is 0 Å². The van der Waals surface area contributed by atoms with Crippen LogP contribution in [0.1, 0.15) is 38.5 Å². The monoisotopic (exact) mass is 191 g/mol. The van der Waals surface area contributed by atoms with Crippen molar-refractivity contribution in [1.82, 2.24) is 5.32 Å². The molecule has 0 fully saturated rings. The summed E-state index contributed by atoms with van der Waals surface area (Å²) in [6.45, 7) is 4.92. The Balaban J connectivity index is 2.50. The highest BCUT2D eigenvalue weighted by Gasteiger charge is 2.11. The van der Waals surface area contributed by atoms with Gasteiger partial charge in [0.2, 0.25) is 0 Å². The van der Waals surface area contributed by atoms with Gasteiger partial charge in [-0.05, 0) is 32.0 Å². The Kier molecular flexibility index (Phi) is 4.88. The van der Waals surface area contributed by atoms with Crippen molar-refractivity contribution in [3.8, 4) is 11.8 Å². The first-order chi connectivity index (χ1) is 6.88. The van der Waals surface area contributed by atoms with Crippen LogP contribution < -0.4 is 5.32 Å². The van der Waals surface area contributed by atoms with Crippen LogP contribution in [0, 0.1) is 11.8 Å². The zero-order valence-electron chi connectivity index (χ0n) is 8.84. The summed E-state index contributed by atoms with van der Waals surface area (Å²) in [6, 6.07) is 4.23. The molecule has 0 amide bonds. The van der Waals surface area contributed by atoms with Crippen LogP contribution in [0.15, 0.2) is 22.8 Å². The second-order valence-electron chi connectivity index (χ2n) is 3.09. The highest BCUT2D eigenvalue weighted by molar-refractivity contribution is 5.05. The molecule has 0 radical (unpaired) electrons. The fourth-order valence-electron chi connectivity index (χ4n) is 1.42. The SMILES string of the molecule is CC#CCCC(NCC)c1ccco1. The van der Waals surface area contributed by atoms with Gasteiger partial charge in [-0.2, -0.15) is 0 Å². The van der Waals surface area contributed by atoms with Crippen molar-refractivity contribution >= 4 is 0 Å². The molecule has 0 spiro atoms. The molecule has 1 N–H and O–H groups in total. The smallest absolute Gasteiger partial charge is 0.120 e. The average molecular weight is 191 g/mol. The molecule has 76 valence electrons. The predicted molar refractivity (Wildman–Crippen MR) is 57.8 cm³/mol. The lowest BCUT2D eigenvalue weighted by Crippen LogP contribution is -2.20. The van der Waals surface area contributed by atoms with Gasteiger partial charge in [0.25, 0.3) is 0 Å². The summed E-state index contributed by atoms with van der Waals surface area (Å²) < 4.78 is 5.37. The van der Waals surface area contributed by atoms with E-state index in [0.717, 1.165) is 25.1 Å². The fourth-order valence-corrected chi connectivity index (χ4v) is 1.42. The van der Waals surface area contributed by atoms with E-state index in [1.54, 1.807) is 6.26 Å². The number of hydrogen-bond donors (Lipinski definition) is 1. The molecule has 1 rings (SSSR count). The maximum absolute atomic E-state index is 5.37. The summed E-state index contributed by atoms with van der Waals surface area (Å²) in [4.78, 5) is 0. The Morgan fingerprint density at radius 1 is 1.57 bits per heavy atom. The van der Waals surface area contributed by atoms with Gasteiger partial charge >= 0.3 is 0 Å². The number of nitrogens with one attached hydrogen (secondary N) is 1. The Bertz CT molecular complexity index is 292. The molecular formula is C12H17NO. The minimum atomic E-state index is 0.302. The first-order valence-electron chi connectivity index (χ1n) is 5.04. The van der Waals surface area contributed by atoms with E-state index < -0.39 is 0 Å². The van der Waals surface area contributed by atoms with Gasteiger partial charge in [-0.15, -0.1) is 11.8 Å². The maximum Gasteiger partial charge on any atom is 0.120 e. The second kappa shape index (κ2) is 6.28. The van der Waals surface area contributed by atoms with E-state index in [0.29, 0.717) is 6.04 Å². The predicted octanol–water partition coefficient (Wildman–Crippen LogP) is 2.73. The lowest BCUT2D eigenvalue weighted by atomic mass is 10.1. The highest BCUT2D eigenvalue weighted by Crippen LogP contribution is 2.18. The molecule has 0 aliphatic heterocycles. The first kappa shape index (κ1) is 10.9. The van der Waals surface area contributed by atoms with Crippen molar-refractivity contribution in [1.29, 1.82) is 0 Å². The molecule has 2 nitrogen and oxygen atoms in total. The number of furan rings is 1. The standard InChI is InChI=1S/C12H17NO/c1-3-5-6-8-11(13-4-2)12-9-7-10-14-12/h7,9-11,13H,4,6,8H2,1-2H3. The summed E-state index contributed by atoms with van der Waals surface area (Å²) in [6.07, 6.45) is 3.63. The summed E-state index contributed by atoms with van der Waals surface area (Å²) in [5, 5.41) is 3.38. The van der Waals surface area contributed by atoms with Crippen molar-refractivity contribution < 1.29 is 4.42 Å². The van der Waals surface area contributed by atoms with Crippen molar-refractivity contribution in [3.05, 3.63) is 24.2 Å². The Hall–Kier alpha value is -1.20. The van der Waals surface area contributed by atoms with Crippen molar-refractivity contribution in [2.24, 2.45) is 0 Å². The largest absolute Gasteiger partial charge is 0.468 e. The van der Waals surface area contributed by atoms with Gasteiger partial charge in [-0.25, -0.2) is 0 Å². The molecule has 1 unspecified atom stereocenters. The zero-order chi connectivity index (χ0) is 10.2. The van der Waals surface area contributed by atoms with E-state index in [-0.39, 0.29) is 0 Å². The van der Waals surface area contributed by atoms with Gasteiger partial charge in [0.05, 0.1) is 12.3 Å². The Morgan fingerprint density at radius 3 is 3.00 bits per heavy atom. The van der Waals surface area contributed by atoms with Crippen molar-refractivity contribution in [2.45, 2.75) is 32.7 Å². The van der Waals surface area contributed by atoms with Gasteiger partial charge in [0, 0.05) is 6.42 Å². The van der Waals surface area contributed by atoms with E-state index in [4.69, 9.17) is 4.42 Å². The van der Waals surface area contributed by atoms with Gasteiger partial charge in [-0.1, -0.05) is 6.92 Å². The maximum atomic E-state index is 5.37. The van der Waals surface area contributed by atoms with Crippen LogP contribution in [-0.4, -0.2) is 6.54 Å². The summed E-state index contributed by atoms with van der Waals surface area (Å²) in [5.41, 5.74) is 0. The summed E-state index contributed by atoms with van der Waals surface area (Å²) >= 11 is 0. The van der Waals surface area contributed by atoms with Crippen LogP contribution >= 0.6 is 0 Å². The molecule has 0 saturated carbocycles. The molecule has 1 aromatic rings. The molecular weight excluding hydrogens is 174 g/mol. The van der Waals surface area contributed by atoms with Crippen molar-refractivity contribution in [3.63, 3.8) is 0 Å². The van der Waals surface area contributed by atoms with Gasteiger partial charge < -0.3 is 9.73 Å². The number of rotatable bonds is 5. The average Bonchev–Trinajstić information content (AvgIpc) is 2.70. The molecule has 0 saturated heterocycles. The fraction of sp³-hybridized carbons (Fsp3) is 0.500.